The van der Waals surface area contributed by atoms with E-state index in [1.807, 2.05) is 19.1 Å². The molecule has 1 aromatic rings. The van der Waals surface area contributed by atoms with E-state index in [9.17, 15) is 4.79 Å². The lowest BCUT2D eigenvalue weighted by Gasteiger charge is -2.03. The number of hydrogen-bond acceptors (Lipinski definition) is 3. The van der Waals surface area contributed by atoms with Crippen LogP contribution in [0.15, 0.2) is 24.3 Å². The quantitative estimate of drug-likeness (QED) is 0.744. The summed E-state index contributed by atoms with van der Waals surface area (Å²) in [5.41, 5.74) is 7.87. The Kier molecular flexibility index (Phi) is 5.57. The molecule has 3 nitrogen and oxygen atoms in total. The molecule has 0 saturated carbocycles. The Balaban J connectivity index is 2.40. The molecule has 0 amide bonds. The van der Waals surface area contributed by atoms with Crippen LogP contribution in [-0.2, 0) is 22.4 Å². The number of carbonyl (C=O) groups is 1. The minimum atomic E-state index is -0.131. The lowest BCUT2D eigenvalue weighted by atomic mass is 10.1. The molecule has 1 aromatic carbocycles. The molecule has 0 aliphatic heterocycles. The highest BCUT2D eigenvalue weighted by molar-refractivity contribution is 5.69. The molecular weight excluding hydrogens is 202 g/mol. The van der Waals surface area contributed by atoms with Gasteiger partial charge in [0.05, 0.1) is 6.61 Å². The number of rotatable bonds is 6. The zero-order chi connectivity index (χ0) is 11.8. The van der Waals surface area contributed by atoms with Crippen molar-refractivity contribution in [3.8, 4) is 0 Å². The van der Waals surface area contributed by atoms with E-state index < -0.39 is 0 Å². The normalized spacial score (nSPS) is 10.1. The number of nitrogens with two attached hydrogens (primary N) is 1. The number of hydrogen-bond donors (Lipinski definition) is 1. The van der Waals surface area contributed by atoms with E-state index in [2.05, 4.69) is 12.1 Å². The molecule has 16 heavy (non-hydrogen) atoms. The average molecular weight is 221 g/mol. The van der Waals surface area contributed by atoms with Crippen molar-refractivity contribution < 1.29 is 9.53 Å². The summed E-state index contributed by atoms with van der Waals surface area (Å²) >= 11 is 0. The largest absolute Gasteiger partial charge is 0.466 e. The lowest BCUT2D eigenvalue weighted by molar-refractivity contribution is -0.143. The number of ether oxygens (including phenoxy) is 1. The van der Waals surface area contributed by atoms with Gasteiger partial charge in [0, 0.05) is 6.42 Å². The van der Waals surface area contributed by atoms with Gasteiger partial charge in [-0.15, -0.1) is 0 Å². The average Bonchev–Trinajstić information content (AvgIpc) is 2.29. The number of esters is 1. The van der Waals surface area contributed by atoms with Gasteiger partial charge in [0.2, 0.25) is 0 Å². The zero-order valence-electron chi connectivity index (χ0n) is 9.74. The Morgan fingerprint density at radius 2 is 1.75 bits per heavy atom. The molecule has 3 heteroatoms. The minimum absolute atomic E-state index is 0.131. The van der Waals surface area contributed by atoms with Crippen LogP contribution in [0.4, 0.5) is 0 Å². The van der Waals surface area contributed by atoms with E-state index in [1.54, 1.807) is 0 Å². The molecule has 0 unspecified atom stereocenters. The molecule has 1 rings (SSSR count). The summed E-state index contributed by atoms with van der Waals surface area (Å²) in [4.78, 5) is 11.1. The first-order chi connectivity index (χ1) is 7.76. The highest BCUT2D eigenvalue weighted by Gasteiger charge is 2.02. The van der Waals surface area contributed by atoms with Gasteiger partial charge in [0.15, 0.2) is 0 Å². The van der Waals surface area contributed by atoms with Crippen LogP contribution in [-0.4, -0.2) is 19.1 Å². The maximum atomic E-state index is 11.1. The third-order valence-corrected chi connectivity index (χ3v) is 2.38. The predicted octanol–water partition coefficient (Wildman–Crippen LogP) is 1.68. The van der Waals surface area contributed by atoms with E-state index in [0.717, 1.165) is 18.4 Å². The van der Waals surface area contributed by atoms with Crippen molar-refractivity contribution in [1.29, 1.82) is 0 Å². The summed E-state index contributed by atoms with van der Waals surface area (Å²) < 4.78 is 4.87. The highest BCUT2D eigenvalue weighted by atomic mass is 16.5. The molecule has 0 saturated heterocycles. The molecular formula is C13H19NO2. The molecule has 88 valence electrons. The Morgan fingerprint density at radius 1 is 1.19 bits per heavy atom. The van der Waals surface area contributed by atoms with Crippen molar-refractivity contribution in [2.45, 2.75) is 26.2 Å². The van der Waals surface area contributed by atoms with Gasteiger partial charge in [-0.25, -0.2) is 0 Å². The molecule has 0 aliphatic rings. The molecule has 0 radical (unpaired) electrons. The van der Waals surface area contributed by atoms with Gasteiger partial charge < -0.3 is 10.5 Å². The second-order valence-corrected chi connectivity index (χ2v) is 3.66. The van der Waals surface area contributed by atoms with Crippen LogP contribution in [0.2, 0.25) is 0 Å². The first-order valence-corrected chi connectivity index (χ1v) is 5.69. The fraction of sp³-hybridized carbons (Fsp3) is 0.462. The summed E-state index contributed by atoms with van der Waals surface area (Å²) in [6.45, 7) is 2.94. The maximum absolute atomic E-state index is 11.1. The first kappa shape index (κ1) is 12.7. The third-order valence-electron chi connectivity index (χ3n) is 2.38. The molecule has 0 spiro atoms. The lowest BCUT2D eigenvalue weighted by Crippen LogP contribution is -2.05. The summed E-state index contributed by atoms with van der Waals surface area (Å²) in [5, 5.41) is 0. The summed E-state index contributed by atoms with van der Waals surface area (Å²) in [7, 11) is 0. The minimum Gasteiger partial charge on any atom is -0.466 e. The predicted molar refractivity (Wildman–Crippen MR) is 64.2 cm³/mol. The topological polar surface area (TPSA) is 52.3 Å². The van der Waals surface area contributed by atoms with E-state index >= 15 is 0 Å². The SMILES string of the molecule is CCOC(=O)CCc1ccc(CCN)cc1. The molecule has 0 aromatic heterocycles. The Labute approximate surface area is 96.6 Å². The Hall–Kier alpha value is -1.35. The van der Waals surface area contributed by atoms with Crippen LogP contribution in [0.5, 0.6) is 0 Å². The first-order valence-electron chi connectivity index (χ1n) is 5.69. The van der Waals surface area contributed by atoms with Gasteiger partial charge in [-0.2, -0.15) is 0 Å². The third kappa shape index (κ3) is 4.45. The fourth-order valence-corrected chi connectivity index (χ4v) is 1.52. The molecule has 0 heterocycles. The van der Waals surface area contributed by atoms with E-state index in [4.69, 9.17) is 10.5 Å². The number of carbonyl (C=O) groups excluding carboxylic acids is 1. The van der Waals surface area contributed by atoms with E-state index in [1.165, 1.54) is 5.56 Å². The fourth-order valence-electron chi connectivity index (χ4n) is 1.52. The number of aryl methyl sites for hydroxylation is 1. The second kappa shape index (κ2) is 7.01. The molecule has 0 fully saturated rings. The molecule has 0 bridgehead atoms. The summed E-state index contributed by atoms with van der Waals surface area (Å²) in [6, 6.07) is 8.22. The Morgan fingerprint density at radius 3 is 2.25 bits per heavy atom. The van der Waals surface area contributed by atoms with Gasteiger partial charge in [-0.1, -0.05) is 24.3 Å². The highest BCUT2D eigenvalue weighted by Crippen LogP contribution is 2.07. The summed E-state index contributed by atoms with van der Waals surface area (Å²) in [5.74, 6) is -0.131. The maximum Gasteiger partial charge on any atom is 0.306 e. The van der Waals surface area contributed by atoms with Gasteiger partial charge in [0.1, 0.15) is 0 Å². The van der Waals surface area contributed by atoms with Crippen molar-refractivity contribution in [2.75, 3.05) is 13.2 Å². The van der Waals surface area contributed by atoms with Crippen LogP contribution in [0.25, 0.3) is 0 Å². The van der Waals surface area contributed by atoms with Gasteiger partial charge in [0.25, 0.3) is 0 Å². The molecule has 0 atom stereocenters. The second-order valence-electron chi connectivity index (χ2n) is 3.66. The van der Waals surface area contributed by atoms with E-state index in [-0.39, 0.29) is 5.97 Å². The van der Waals surface area contributed by atoms with Crippen molar-refractivity contribution >= 4 is 5.97 Å². The standard InChI is InChI=1S/C13H19NO2/c1-2-16-13(15)8-7-11-3-5-12(6-4-11)9-10-14/h3-6H,2,7-10,14H2,1H3. The monoisotopic (exact) mass is 221 g/mol. The number of benzene rings is 1. The van der Waals surface area contributed by atoms with E-state index in [0.29, 0.717) is 19.6 Å². The van der Waals surface area contributed by atoms with Crippen molar-refractivity contribution in [3.05, 3.63) is 35.4 Å². The van der Waals surface area contributed by atoms with Crippen LogP contribution in [0.1, 0.15) is 24.5 Å². The zero-order valence-corrected chi connectivity index (χ0v) is 9.74. The van der Waals surface area contributed by atoms with Crippen LogP contribution in [0.3, 0.4) is 0 Å². The van der Waals surface area contributed by atoms with Crippen LogP contribution in [0, 0.1) is 0 Å². The van der Waals surface area contributed by atoms with Gasteiger partial charge >= 0.3 is 5.97 Å². The smallest absolute Gasteiger partial charge is 0.306 e. The van der Waals surface area contributed by atoms with Crippen molar-refractivity contribution in [2.24, 2.45) is 5.73 Å². The van der Waals surface area contributed by atoms with Gasteiger partial charge in [-0.05, 0) is 37.4 Å². The Bertz CT molecular complexity index is 319. The summed E-state index contributed by atoms with van der Waals surface area (Å²) in [6.07, 6.45) is 2.09. The van der Waals surface area contributed by atoms with Crippen molar-refractivity contribution in [3.63, 3.8) is 0 Å². The molecule has 2 N–H and O–H groups in total. The van der Waals surface area contributed by atoms with Crippen LogP contribution >= 0.6 is 0 Å². The van der Waals surface area contributed by atoms with Crippen LogP contribution < -0.4 is 5.73 Å². The van der Waals surface area contributed by atoms with Gasteiger partial charge in [-0.3, -0.25) is 4.79 Å². The van der Waals surface area contributed by atoms with Crippen molar-refractivity contribution in [1.82, 2.24) is 0 Å². The molecule has 0 aliphatic carbocycles.